The highest BCUT2D eigenvalue weighted by Crippen LogP contribution is 2.07. The minimum absolute atomic E-state index is 0.171. The molecule has 1 atom stereocenters. The molecule has 0 saturated heterocycles. The maximum Gasteiger partial charge on any atom is 0.267 e. The molecule has 0 radical (unpaired) electrons. The summed E-state index contributed by atoms with van der Waals surface area (Å²) < 4.78 is 0. The molecule has 1 heterocycles. The van der Waals surface area contributed by atoms with Gasteiger partial charge in [0.05, 0.1) is 6.10 Å². The lowest BCUT2D eigenvalue weighted by molar-refractivity contribution is 0.0909. The minimum atomic E-state index is -0.573. The minimum Gasteiger partial charge on any atom is -0.391 e. The number of aliphatic hydroxyl groups excluding tert-OH is 1. The van der Waals surface area contributed by atoms with Gasteiger partial charge >= 0.3 is 0 Å². The van der Waals surface area contributed by atoms with Crippen molar-refractivity contribution in [2.45, 2.75) is 19.4 Å². The summed E-state index contributed by atoms with van der Waals surface area (Å²) in [5.74, 6) is -0.393. The third-order valence-electron chi connectivity index (χ3n) is 2.95. The van der Waals surface area contributed by atoms with E-state index in [1.54, 1.807) is 24.3 Å². The Labute approximate surface area is 110 Å². The molecule has 1 aromatic carbocycles. The second-order valence-electron chi connectivity index (χ2n) is 4.36. The van der Waals surface area contributed by atoms with Gasteiger partial charge in [0.15, 0.2) is 5.43 Å². The topological polar surface area (TPSA) is 82.2 Å². The predicted octanol–water partition coefficient (Wildman–Crippen LogP) is 1.03. The Bertz CT molecular complexity index is 648. The van der Waals surface area contributed by atoms with Gasteiger partial charge in [-0.1, -0.05) is 19.1 Å². The molecule has 5 nitrogen and oxygen atoms in total. The number of nitrogens with one attached hydrogen (secondary N) is 2. The molecule has 2 aromatic rings. The number of rotatable bonds is 4. The SMILES string of the molecule is CCC(O)CNC(=O)c1cc(=O)c2ccccc2[nH]1. The molecule has 19 heavy (non-hydrogen) atoms. The summed E-state index contributed by atoms with van der Waals surface area (Å²) in [6.45, 7) is 2.00. The number of aliphatic hydroxyl groups is 1. The molecule has 5 heteroatoms. The van der Waals surface area contributed by atoms with E-state index in [0.717, 1.165) is 0 Å². The summed E-state index contributed by atoms with van der Waals surface area (Å²) in [7, 11) is 0. The lowest BCUT2D eigenvalue weighted by Gasteiger charge is -2.09. The number of benzene rings is 1. The molecule has 100 valence electrons. The van der Waals surface area contributed by atoms with Crippen molar-refractivity contribution in [3.05, 3.63) is 46.2 Å². The first-order chi connectivity index (χ1) is 9.11. The molecule has 1 amide bonds. The van der Waals surface area contributed by atoms with E-state index in [0.29, 0.717) is 17.3 Å². The third kappa shape index (κ3) is 3.00. The van der Waals surface area contributed by atoms with Crippen LogP contribution in [0.5, 0.6) is 0 Å². The zero-order chi connectivity index (χ0) is 13.8. The molecular formula is C14H16N2O3. The Morgan fingerprint density at radius 3 is 2.89 bits per heavy atom. The molecule has 0 aliphatic heterocycles. The first-order valence-electron chi connectivity index (χ1n) is 6.20. The largest absolute Gasteiger partial charge is 0.391 e. The van der Waals surface area contributed by atoms with Crippen LogP contribution < -0.4 is 10.7 Å². The van der Waals surface area contributed by atoms with Gasteiger partial charge in [-0.2, -0.15) is 0 Å². The quantitative estimate of drug-likeness (QED) is 0.768. The number of pyridine rings is 1. The van der Waals surface area contributed by atoms with Gasteiger partial charge in [-0.3, -0.25) is 9.59 Å². The number of hydrogen-bond acceptors (Lipinski definition) is 3. The second-order valence-corrected chi connectivity index (χ2v) is 4.36. The maximum absolute atomic E-state index is 11.9. The van der Waals surface area contributed by atoms with Crippen molar-refractivity contribution in [2.24, 2.45) is 0 Å². The zero-order valence-electron chi connectivity index (χ0n) is 10.6. The van der Waals surface area contributed by atoms with Gasteiger partial charge < -0.3 is 15.4 Å². The lowest BCUT2D eigenvalue weighted by Crippen LogP contribution is -2.32. The molecule has 0 aliphatic rings. The number of carbonyl (C=O) groups is 1. The zero-order valence-corrected chi connectivity index (χ0v) is 10.6. The van der Waals surface area contributed by atoms with Crippen molar-refractivity contribution in [1.29, 1.82) is 0 Å². The standard InChI is InChI=1S/C14H16N2O3/c1-2-9(17)8-15-14(19)12-7-13(18)10-5-3-4-6-11(10)16-12/h3-7,9,17H,2,8H2,1H3,(H,15,19)(H,16,18). The van der Waals surface area contributed by atoms with Crippen LogP contribution in [0, 0.1) is 0 Å². The van der Waals surface area contributed by atoms with Crippen LogP contribution >= 0.6 is 0 Å². The molecular weight excluding hydrogens is 244 g/mol. The number of hydrogen-bond donors (Lipinski definition) is 3. The Kier molecular flexibility index (Phi) is 3.97. The Balaban J connectivity index is 2.25. The summed E-state index contributed by atoms with van der Waals surface area (Å²) in [4.78, 5) is 26.6. The van der Waals surface area contributed by atoms with Crippen LogP contribution in [0.15, 0.2) is 35.1 Å². The van der Waals surface area contributed by atoms with Gasteiger partial charge in [0.2, 0.25) is 0 Å². The van der Waals surface area contributed by atoms with Crippen LogP contribution in [0.25, 0.3) is 10.9 Å². The molecule has 0 spiro atoms. The molecule has 1 aromatic heterocycles. The molecule has 0 saturated carbocycles. The number of aromatic nitrogens is 1. The van der Waals surface area contributed by atoms with Crippen molar-refractivity contribution in [3.63, 3.8) is 0 Å². The van der Waals surface area contributed by atoms with Crippen LogP contribution in [-0.4, -0.2) is 28.6 Å². The third-order valence-corrected chi connectivity index (χ3v) is 2.95. The van der Waals surface area contributed by atoms with Gasteiger partial charge in [-0.05, 0) is 18.6 Å². The molecule has 1 unspecified atom stereocenters. The van der Waals surface area contributed by atoms with Crippen molar-refractivity contribution < 1.29 is 9.90 Å². The van der Waals surface area contributed by atoms with Gasteiger partial charge in [-0.25, -0.2) is 0 Å². The number of carbonyl (C=O) groups excluding carboxylic acids is 1. The van der Waals surface area contributed by atoms with Crippen LogP contribution in [0.2, 0.25) is 0 Å². The maximum atomic E-state index is 11.9. The predicted molar refractivity (Wildman–Crippen MR) is 73.2 cm³/mol. The monoisotopic (exact) mass is 260 g/mol. The number of para-hydroxylation sites is 1. The van der Waals surface area contributed by atoms with E-state index >= 15 is 0 Å². The van der Waals surface area contributed by atoms with Crippen LogP contribution in [0.3, 0.4) is 0 Å². The summed E-state index contributed by atoms with van der Waals surface area (Å²) in [5, 5.41) is 12.5. The van der Waals surface area contributed by atoms with E-state index in [9.17, 15) is 14.7 Å². The lowest BCUT2D eigenvalue weighted by atomic mass is 10.2. The fraction of sp³-hybridized carbons (Fsp3) is 0.286. The Morgan fingerprint density at radius 1 is 1.42 bits per heavy atom. The molecule has 0 fully saturated rings. The summed E-state index contributed by atoms with van der Waals surface area (Å²) in [6, 6.07) is 8.29. The fourth-order valence-electron chi connectivity index (χ4n) is 1.77. The summed E-state index contributed by atoms with van der Waals surface area (Å²) in [6.07, 6.45) is -0.00902. The highest BCUT2D eigenvalue weighted by atomic mass is 16.3. The number of aromatic amines is 1. The van der Waals surface area contributed by atoms with Crippen molar-refractivity contribution in [3.8, 4) is 0 Å². The summed E-state index contributed by atoms with van der Waals surface area (Å²) in [5.41, 5.74) is 0.624. The normalized spacial score (nSPS) is 12.3. The van der Waals surface area contributed by atoms with E-state index in [2.05, 4.69) is 10.3 Å². The molecule has 0 bridgehead atoms. The first-order valence-corrected chi connectivity index (χ1v) is 6.20. The molecule has 2 rings (SSSR count). The van der Waals surface area contributed by atoms with E-state index in [-0.39, 0.29) is 17.7 Å². The highest BCUT2D eigenvalue weighted by molar-refractivity contribution is 5.94. The molecule has 3 N–H and O–H groups in total. The molecule has 0 aliphatic carbocycles. The number of fused-ring (bicyclic) bond motifs is 1. The van der Waals surface area contributed by atoms with Crippen molar-refractivity contribution >= 4 is 16.8 Å². The average Bonchev–Trinajstić information content (AvgIpc) is 2.44. The number of amides is 1. The average molecular weight is 260 g/mol. The van der Waals surface area contributed by atoms with E-state index in [1.165, 1.54) is 6.07 Å². The number of H-pyrrole nitrogens is 1. The van der Waals surface area contributed by atoms with E-state index in [4.69, 9.17) is 0 Å². The highest BCUT2D eigenvalue weighted by Gasteiger charge is 2.10. The smallest absolute Gasteiger partial charge is 0.267 e. The van der Waals surface area contributed by atoms with Crippen LogP contribution in [0.4, 0.5) is 0 Å². The van der Waals surface area contributed by atoms with E-state index < -0.39 is 12.0 Å². The van der Waals surface area contributed by atoms with Gasteiger partial charge in [0, 0.05) is 23.5 Å². The van der Waals surface area contributed by atoms with Gasteiger partial charge in [0.1, 0.15) is 5.69 Å². The van der Waals surface area contributed by atoms with Crippen LogP contribution in [-0.2, 0) is 0 Å². The van der Waals surface area contributed by atoms with Gasteiger partial charge in [-0.15, -0.1) is 0 Å². The van der Waals surface area contributed by atoms with Crippen molar-refractivity contribution in [1.82, 2.24) is 10.3 Å². The van der Waals surface area contributed by atoms with Crippen LogP contribution in [0.1, 0.15) is 23.8 Å². The van der Waals surface area contributed by atoms with Crippen molar-refractivity contribution in [2.75, 3.05) is 6.54 Å². The Hall–Kier alpha value is -2.14. The first kappa shape index (κ1) is 13.3. The van der Waals surface area contributed by atoms with E-state index in [1.807, 2.05) is 6.92 Å². The summed E-state index contributed by atoms with van der Waals surface area (Å²) >= 11 is 0. The Morgan fingerprint density at radius 2 is 2.16 bits per heavy atom. The van der Waals surface area contributed by atoms with Gasteiger partial charge in [0.25, 0.3) is 5.91 Å². The second kappa shape index (κ2) is 5.67. The fourth-order valence-corrected chi connectivity index (χ4v) is 1.77.